The molecule has 0 aliphatic carbocycles. The number of benzene rings is 2. The van der Waals surface area contributed by atoms with Crippen molar-refractivity contribution in [3.63, 3.8) is 0 Å². The fourth-order valence-corrected chi connectivity index (χ4v) is 2.23. The zero-order valence-corrected chi connectivity index (χ0v) is 11.8. The van der Waals surface area contributed by atoms with Crippen LogP contribution in [0.4, 0.5) is 5.69 Å². The van der Waals surface area contributed by atoms with E-state index < -0.39 is 0 Å². The van der Waals surface area contributed by atoms with E-state index in [1.165, 1.54) is 5.56 Å². The van der Waals surface area contributed by atoms with Crippen LogP contribution in [0.2, 0.25) is 5.15 Å². The molecule has 0 unspecified atom stereocenters. The molecule has 20 heavy (non-hydrogen) atoms. The summed E-state index contributed by atoms with van der Waals surface area (Å²) in [5.41, 5.74) is 3.83. The summed E-state index contributed by atoms with van der Waals surface area (Å²) in [7, 11) is 0. The van der Waals surface area contributed by atoms with Crippen LogP contribution in [0.15, 0.2) is 59.6 Å². The number of pyridine rings is 1. The average Bonchev–Trinajstić information content (AvgIpc) is 2.46. The SMILES string of the molecule is Cc1ccc2nc(Cl)c(C=Nc3ccccc3)cc2c1. The van der Waals surface area contributed by atoms with E-state index in [9.17, 15) is 0 Å². The highest BCUT2D eigenvalue weighted by Crippen LogP contribution is 2.21. The topological polar surface area (TPSA) is 25.2 Å². The molecular formula is C17H13ClN2. The summed E-state index contributed by atoms with van der Waals surface area (Å²) in [5.74, 6) is 0. The van der Waals surface area contributed by atoms with Crippen LogP contribution in [0.5, 0.6) is 0 Å². The van der Waals surface area contributed by atoms with Crippen molar-refractivity contribution < 1.29 is 0 Å². The Kier molecular flexibility index (Phi) is 3.48. The molecule has 0 N–H and O–H groups in total. The zero-order chi connectivity index (χ0) is 13.9. The van der Waals surface area contributed by atoms with Crippen molar-refractivity contribution in [1.29, 1.82) is 0 Å². The standard InChI is InChI=1S/C17H13ClN2/c1-12-7-8-16-13(9-12)10-14(17(18)20-16)11-19-15-5-3-2-4-6-15/h2-11H,1H3. The Hall–Kier alpha value is -2.19. The van der Waals surface area contributed by atoms with Crippen LogP contribution < -0.4 is 0 Å². The molecule has 0 aliphatic rings. The molecule has 0 aliphatic heterocycles. The number of aliphatic imine (C=N–C) groups is 1. The summed E-state index contributed by atoms with van der Waals surface area (Å²) in [5, 5.41) is 1.55. The van der Waals surface area contributed by atoms with Gasteiger partial charge in [0.25, 0.3) is 0 Å². The Labute approximate surface area is 122 Å². The molecule has 0 radical (unpaired) electrons. The maximum Gasteiger partial charge on any atom is 0.138 e. The lowest BCUT2D eigenvalue weighted by Gasteiger charge is -2.03. The van der Waals surface area contributed by atoms with Gasteiger partial charge in [-0.3, -0.25) is 4.99 Å². The molecule has 2 aromatic carbocycles. The monoisotopic (exact) mass is 280 g/mol. The summed E-state index contributed by atoms with van der Waals surface area (Å²) in [6, 6.07) is 17.9. The molecule has 3 heteroatoms. The highest BCUT2D eigenvalue weighted by atomic mass is 35.5. The van der Waals surface area contributed by atoms with E-state index in [-0.39, 0.29) is 0 Å². The van der Waals surface area contributed by atoms with E-state index in [1.807, 2.05) is 48.5 Å². The Morgan fingerprint density at radius 1 is 1.05 bits per heavy atom. The lowest BCUT2D eigenvalue weighted by Crippen LogP contribution is -1.89. The molecular weight excluding hydrogens is 268 g/mol. The zero-order valence-electron chi connectivity index (χ0n) is 11.0. The lowest BCUT2D eigenvalue weighted by molar-refractivity contribution is 1.38. The van der Waals surface area contributed by atoms with Crippen molar-refractivity contribution in [2.45, 2.75) is 6.92 Å². The van der Waals surface area contributed by atoms with Gasteiger partial charge in [-0.25, -0.2) is 4.98 Å². The number of nitrogens with zero attached hydrogens (tertiary/aromatic N) is 2. The molecule has 1 heterocycles. The summed E-state index contributed by atoms with van der Waals surface area (Å²) >= 11 is 6.21. The van der Waals surface area contributed by atoms with E-state index in [1.54, 1.807) is 6.21 Å². The second kappa shape index (κ2) is 5.43. The highest BCUT2D eigenvalue weighted by molar-refractivity contribution is 6.32. The normalized spacial score (nSPS) is 11.3. The van der Waals surface area contributed by atoms with Crippen molar-refractivity contribution in [2.75, 3.05) is 0 Å². The van der Waals surface area contributed by atoms with Gasteiger partial charge < -0.3 is 0 Å². The van der Waals surface area contributed by atoms with Gasteiger partial charge in [0, 0.05) is 17.2 Å². The quantitative estimate of drug-likeness (QED) is 0.482. The molecule has 0 saturated carbocycles. The third kappa shape index (κ3) is 2.70. The molecule has 0 atom stereocenters. The van der Waals surface area contributed by atoms with E-state index >= 15 is 0 Å². The fourth-order valence-electron chi connectivity index (χ4n) is 2.04. The summed E-state index contributed by atoms with van der Waals surface area (Å²) in [4.78, 5) is 8.82. The Morgan fingerprint density at radius 3 is 2.65 bits per heavy atom. The number of fused-ring (bicyclic) bond motifs is 1. The van der Waals surface area contributed by atoms with Gasteiger partial charge in [0.1, 0.15) is 5.15 Å². The molecule has 0 bridgehead atoms. The number of hydrogen-bond donors (Lipinski definition) is 0. The maximum absolute atomic E-state index is 6.21. The number of aromatic nitrogens is 1. The van der Waals surface area contributed by atoms with Gasteiger partial charge >= 0.3 is 0 Å². The van der Waals surface area contributed by atoms with Crippen molar-refractivity contribution in [3.05, 3.63) is 70.9 Å². The van der Waals surface area contributed by atoms with Crippen molar-refractivity contribution >= 4 is 34.4 Å². The van der Waals surface area contributed by atoms with E-state index in [0.29, 0.717) is 5.15 Å². The second-order valence-electron chi connectivity index (χ2n) is 4.66. The molecule has 0 saturated heterocycles. The smallest absolute Gasteiger partial charge is 0.138 e. The highest BCUT2D eigenvalue weighted by Gasteiger charge is 2.03. The lowest BCUT2D eigenvalue weighted by atomic mass is 10.1. The number of hydrogen-bond acceptors (Lipinski definition) is 2. The first-order valence-electron chi connectivity index (χ1n) is 6.38. The number of aryl methyl sites for hydroxylation is 1. The van der Waals surface area contributed by atoms with Crippen LogP contribution in [0.3, 0.4) is 0 Å². The summed E-state index contributed by atoms with van der Waals surface area (Å²) in [6.45, 7) is 2.06. The summed E-state index contributed by atoms with van der Waals surface area (Å²) < 4.78 is 0. The minimum absolute atomic E-state index is 0.473. The van der Waals surface area contributed by atoms with Crippen molar-refractivity contribution in [1.82, 2.24) is 4.98 Å². The maximum atomic E-state index is 6.21. The van der Waals surface area contributed by atoms with Gasteiger partial charge in [-0.2, -0.15) is 0 Å². The molecule has 98 valence electrons. The number of para-hydroxylation sites is 1. The van der Waals surface area contributed by atoms with E-state index in [0.717, 1.165) is 22.2 Å². The number of halogens is 1. The molecule has 3 rings (SSSR count). The van der Waals surface area contributed by atoms with Crippen LogP contribution in [0.25, 0.3) is 10.9 Å². The van der Waals surface area contributed by atoms with Crippen LogP contribution in [0, 0.1) is 6.92 Å². The first kappa shape index (κ1) is 12.8. The van der Waals surface area contributed by atoms with E-state index in [4.69, 9.17) is 11.6 Å². The van der Waals surface area contributed by atoms with Crippen LogP contribution in [-0.4, -0.2) is 11.2 Å². The molecule has 2 nitrogen and oxygen atoms in total. The molecule has 1 aromatic heterocycles. The van der Waals surface area contributed by atoms with Crippen LogP contribution in [-0.2, 0) is 0 Å². The van der Waals surface area contributed by atoms with Crippen LogP contribution in [0.1, 0.15) is 11.1 Å². The van der Waals surface area contributed by atoms with Gasteiger partial charge in [0.2, 0.25) is 0 Å². The Bertz CT molecular complexity index is 780. The summed E-state index contributed by atoms with van der Waals surface area (Å²) in [6.07, 6.45) is 1.76. The largest absolute Gasteiger partial charge is 0.256 e. The molecule has 0 spiro atoms. The first-order valence-corrected chi connectivity index (χ1v) is 6.76. The first-order chi connectivity index (χ1) is 9.72. The Balaban J connectivity index is 2.03. The van der Waals surface area contributed by atoms with Gasteiger partial charge in [0.15, 0.2) is 0 Å². The average molecular weight is 281 g/mol. The molecule has 3 aromatic rings. The van der Waals surface area contributed by atoms with E-state index in [2.05, 4.69) is 23.0 Å². The second-order valence-corrected chi connectivity index (χ2v) is 5.02. The predicted octanol–water partition coefficient (Wildman–Crippen LogP) is 4.95. The third-order valence-corrected chi connectivity index (χ3v) is 3.36. The molecule has 0 amide bonds. The van der Waals surface area contributed by atoms with Crippen molar-refractivity contribution in [2.24, 2.45) is 4.99 Å². The Morgan fingerprint density at radius 2 is 1.85 bits per heavy atom. The van der Waals surface area contributed by atoms with Crippen LogP contribution >= 0.6 is 11.6 Å². The minimum Gasteiger partial charge on any atom is -0.256 e. The van der Waals surface area contributed by atoms with Gasteiger partial charge in [-0.05, 0) is 37.3 Å². The predicted molar refractivity (Wildman–Crippen MR) is 85.2 cm³/mol. The van der Waals surface area contributed by atoms with Gasteiger partial charge in [-0.15, -0.1) is 0 Å². The van der Waals surface area contributed by atoms with Crippen molar-refractivity contribution in [3.8, 4) is 0 Å². The minimum atomic E-state index is 0.473. The number of rotatable bonds is 2. The fraction of sp³-hybridized carbons (Fsp3) is 0.0588. The van der Waals surface area contributed by atoms with Gasteiger partial charge in [0.05, 0.1) is 11.2 Å². The molecule has 0 fully saturated rings. The third-order valence-electron chi connectivity index (χ3n) is 3.06. The van der Waals surface area contributed by atoms with Gasteiger partial charge in [-0.1, -0.05) is 41.4 Å².